The molecule has 1 atom stereocenters. The van der Waals surface area contributed by atoms with E-state index in [2.05, 4.69) is 12.2 Å². The summed E-state index contributed by atoms with van der Waals surface area (Å²) in [5.74, 6) is -0.830. The number of allylic oxidation sites excluding steroid dienone is 1. The maximum absolute atomic E-state index is 12.3. The fourth-order valence-corrected chi connectivity index (χ4v) is 3.48. The maximum Gasteiger partial charge on any atom is 0.408 e. The van der Waals surface area contributed by atoms with Gasteiger partial charge in [-0.1, -0.05) is 108 Å². The first kappa shape index (κ1) is 27.6. The van der Waals surface area contributed by atoms with Crippen molar-refractivity contribution < 1.29 is 19.1 Å². The molecule has 0 saturated heterocycles. The lowest BCUT2D eigenvalue weighted by Crippen LogP contribution is -2.45. The third-order valence-electron chi connectivity index (χ3n) is 5.42. The standard InChI is InChI=1S/C27H41NO4/c1-3-4-5-6-7-8-9-10-11-12-13-14-18-21-25(30)26(23(2)29)28-27(31)32-22-24-19-16-15-17-20-24/h15-21,26H,3-14,22H2,1-2H3,(H,28,31)/b21-18+. The Labute approximate surface area is 194 Å². The van der Waals surface area contributed by atoms with E-state index in [1.807, 2.05) is 30.3 Å². The van der Waals surface area contributed by atoms with Gasteiger partial charge >= 0.3 is 6.09 Å². The molecule has 0 aliphatic heterocycles. The Bertz CT molecular complexity index is 684. The average Bonchev–Trinajstić information content (AvgIpc) is 2.79. The highest BCUT2D eigenvalue weighted by atomic mass is 16.5. The predicted octanol–water partition coefficient (Wildman–Crippen LogP) is 6.70. The van der Waals surface area contributed by atoms with Crippen LogP contribution in [0.15, 0.2) is 42.5 Å². The molecule has 5 heteroatoms. The Morgan fingerprint density at radius 3 is 2.00 bits per heavy atom. The highest BCUT2D eigenvalue weighted by molar-refractivity contribution is 6.11. The normalized spacial score (nSPS) is 11.9. The summed E-state index contributed by atoms with van der Waals surface area (Å²) in [7, 11) is 0. The molecule has 5 nitrogen and oxygen atoms in total. The van der Waals surface area contributed by atoms with Gasteiger partial charge in [-0.3, -0.25) is 9.59 Å². The van der Waals surface area contributed by atoms with Gasteiger partial charge in [0.25, 0.3) is 0 Å². The van der Waals surface area contributed by atoms with Gasteiger partial charge in [-0.05, 0) is 31.4 Å². The number of carbonyl (C=O) groups is 3. The van der Waals surface area contributed by atoms with Crippen molar-refractivity contribution in [3.05, 3.63) is 48.0 Å². The highest BCUT2D eigenvalue weighted by Crippen LogP contribution is 2.12. The van der Waals surface area contributed by atoms with E-state index in [0.29, 0.717) is 0 Å². The number of amides is 1. The minimum absolute atomic E-state index is 0.0835. The van der Waals surface area contributed by atoms with E-state index in [1.54, 1.807) is 6.08 Å². The third kappa shape index (κ3) is 13.8. The topological polar surface area (TPSA) is 72.5 Å². The maximum atomic E-state index is 12.3. The van der Waals surface area contributed by atoms with Gasteiger partial charge in [0.05, 0.1) is 0 Å². The van der Waals surface area contributed by atoms with E-state index in [1.165, 1.54) is 70.8 Å². The van der Waals surface area contributed by atoms with Crippen LogP contribution in [-0.2, 0) is 20.9 Å². The molecule has 1 N–H and O–H groups in total. The average molecular weight is 444 g/mol. The number of alkyl carbamates (subject to hydrolysis) is 1. The molecule has 178 valence electrons. The van der Waals surface area contributed by atoms with Crippen LogP contribution in [0.5, 0.6) is 0 Å². The van der Waals surface area contributed by atoms with Gasteiger partial charge in [-0.2, -0.15) is 0 Å². The van der Waals surface area contributed by atoms with E-state index in [9.17, 15) is 14.4 Å². The number of benzene rings is 1. The Kier molecular flexibility index (Phi) is 15.7. The Morgan fingerprint density at radius 1 is 0.875 bits per heavy atom. The van der Waals surface area contributed by atoms with Gasteiger partial charge in [-0.25, -0.2) is 4.79 Å². The summed E-state index contributed by atoms with van der Waals surface area (Å²) in [6.07, 6.45) is 17.3. The van der Waals surface area contributed by atoms with Crippen LogP contribution in [0.1, 0.15) is 96.5 Å². The number of hydrogen-bond donors (Lipinski definition) is 1. The summed E-state index contributed by atoms with van der Waals surface area (Å²) in [5.41, 5.74) is 0.834. The number of rotatable bonds is 18. The molecule has 0 fully saturated rings. The van der Waals surface area contributed by atoms with Crippen LogP contribution in [0.3, 0.4) is 0 Å². The van der Waals surface area contributed by atoms with E-state index < -0.39 is 23.7 Å². The van der Waals surface area contributed by atoms with Crippen LogP contribution < -0.4 is 5.32 Å². The first-order chi connectivity index (χ1) is 15.5. The molecule has 1 amide bonds. The lowest BCUT2D eigenvalue weighted by Gasteiger charge is -2.13. The molecule has 0 bridgehead atoms. The van der Waals surface area contributed by atoms with Gasteiger partial charge in [0.1, 0.15) is 6.61 Å². The Balaban J connectivity index is 2.16. The van der Waals surface area contributed by atoms with E-state index in [0.717, 1.165) is 24.8 Å². The molecule has 0 spiro atoms. The second kappa shape index (κ2) is 18.2. The summed E-state index contributed by atoms with van der Waals surface area (Å²) < 4.78 is 5.10. The fraction of sp³-hybridized carbons (Fsp3) is 0.593. The number of Topliss-reactive ketones (excluding diaryl/α,β-unsaturated/α-hetero) is 1. The number of ketones is 2. The summed E-state index contributed by atoms with van der Waals surface area (Å²) in [6.45, 7) is 3.62. The van der Waals surface area contributed by atoms with Crippen LogP contribution in [-0.4, -0.2) is 23.7 Å². The summed E-state index contributed by atoms with van der Waals surface area (Å²) in [6, 6.07) is 8.03. The van der Waals surface area contributed by atoms with Crippen molar-refractivity contribution in [1.82, 2.24) is 5.32 Å². The van der Waals surface area contributed by atoms with E-state index in [4.69, 9.17) is 4.74 Å². The molecule has 1 aromatic rings. The molecule has 0 heterocycles. The molecular weight excluding hydrogens is 402 g/mol. The molecule has 0 saturated carbocycles. The van der Waals surface area contributed by atoms with Crippen molar-refractivity contribution in [3.63, 3.8) is 0 Å². The van der Waals surface area contributed by atoms with Crippen LogP contribution in [0, 0.1) is 0 Å². The van der Waals surface area contributed by atoms with Crippen LogP contribution in [0.25, 0.3) is 0 Å². The first-order valence-corrected chi connectivity index (χ1v) is 12.2. The molecule has 1 aromatic carbocycles. The number of unbranched alkanes of at least 4 members (excludes halogenated alkanes) is 11. The Hall–Kier alpha value is -2.43. The van der Waals surface area contributed by atoms with Gasteiger partial charge in [-0.15, -0.1) is 0 Å². The molecule has 0 aliphatic carbocycles. The summed E-state index contributed by atoms with van der Waals surface area (Å²) in [5, 5.41) is 2.37. The van der Waals surface area contributed by atoms with Crippen molar-refractivity contribution >= 4 is 17.7 Å². The smallest absolute Gasteiger partial charge is 0.408 e. The molecule has 1 unspecified atom stereocenters. The number of nitrogens with one attached hydrogen (secondary N) is 1. The van der Waals surface area contributed by atoms with E-state index >= 15 is 0 Å². The fourth-order valence-electron chi connectivity index (χ4n) is 3.48. The molecule has 0 aromatic heterocycles. The minimum atomic E-state index is -1.20. The highest BCUT2D eigenvalue weighted by Gasteiger charge is 2.23. The largest absolute Gasteiger partial charge is 0.445 e. The van der Waals surface area contributed by atoms with Gasteiger partial charge < -0.3 is 10.1 Å². The minimum Gasteiger partial charge on any atom is -0.445 e. The van der Waals surface area contributed by atoms with Crippen molar-refractivity contribution in [3.8, 4) is 0 Å². The summed E-state index contributed by atoms with van der Waals surface area (Å²) in [4.78, 5) is 36.1. The number of ether oxygens (including phenoxy) is 1. The molecule has 0 aliphatic rings. The van der Waals surface area contributed by atoms with Gasteiger partial charge in [0, 0.05) is 0 Å². The zero-order chi connectivity index (χ0) is 23.4. The third-order valence-corrected chi connectivity index (χ3v) is 5.42. The second-order valence-corrected chi connectivity index (χ2v) is 8.38. The van der Waals surface area contributed by atoms with Crippen LogP contribution in [0.2, 0.25) is 0 Å². The number of carbonyl (C=O) groups excluding carboxylic acids is 3. The quantitative estimate of drug-likeness (QED) is 0.156. The lowest BCUT2D eigenvalue weighted by atomic mass is 10.0. The number of hydrogen-bond acceptors (Lipinski definition) is 4. The second-order valence-electron chi connectivity index (χ2n) is 8.38. The zero-order valence-corrected chi connectivity index (χ0v) is 19.9. The molecule has 32 heavy (non-hydrogen) atoms. The Morgan fingerprint density at radius 2 is 1.44 bits per heavy atom. The SMILES string of the molecule is CCCCCCCCCCCCC/C=C/C(=O)C(NC(=O)OCc1ccccc1)C(C)=O. The van der Waals surface area contributed by atoms with Crippen LogP contribution in [0.4, 0.5) is 4.79 Å². The lowest BCUT2D eigenvalue weighted by molar-refractivity contribution is -0.126. The van der Waals surface area contributed by atoms with Crippen molar-refractivity contribution in [1.29, 1.82) is 0 Å². The van der Waals surface area contributed by atoms with Crippen molar-refractivity contribution in [2.24, 2.45) is 0 Å². The van der Waals surface area contributed by atoms with Crippen LogP contribution >= 0.6 is 0 Å². The van der Waals surface area contributed by atoms with Crippen molar-refractivity contribution in [2.75, 3.05) is 0 Å². The predicted molar refractivity (Wildman–Crippen MR) is 129 cm³/mol. The molecule has 0 radical (unpaired) electrons. The summed E-state index contributed by atoms with van der Waals surface area (Å²) >= 11 is 0. The first-order valence-electron chi connectivity index (χ1n) is 12.2. The van der Waals surface area contributed by atoms with Crippen molar-refractivity contribution in [2.45, 2.75) is 104 Å². The van der Waals surface area contributed by atoms with Gasteiger partial charge in [0.2, 0.25) is 0 Å². The molecule has 1 rings (SSSR count). The van der Waals surface area contributed by atoms with Gasteiger partial charge in [0.15, 0.2) is 17.6 Å². The molecular formula is C27H41NO4. The monoisotopic (exact) mass is 443 g/mol. The zero-order valence-electron chi connectivity index (χ0n) is 19.9. The van der Waals surface area contributed by atoms with E-state index in [-0.39, 0.29) is 6.61 Å².